The van der Waals surface area contributed by atoms with Crippen LogP contribution in [0.1, 0.15) is 32.7 Å². The normalized spacial score (nSPS) is 11.2. The number of anilines is 1. The van der Waals surface area contributed by atoms with Gasteiger partial charge in [-0.2, -0.15) is 0 Å². The van der Waals surface area contributed by atoms with Gasteiger partial charge in [0.05, 0.1) is 11.4 Å². The topological polar surface area (TPSA) is 107 Å². The van der Waals surface area contributed by atoms with Crippen molar-refractivity contribution in [2.24, 2.45) is 5.73 Å². The van der Waals surface area contributed by atoms with E-state index in [9.17, 15) is 9.90 Å². The molecular weight excluding hydrogens is 304 g/mol. The number of phenolic OH excluding ortho intramolecular Hbond substituents is 1. The molecule has 1 aromatic carbocycles. The van der Waals surface area contributed by atoms with Crippen LogP contribution in [0.25, 0.3) is 16.9 Å². The van der Waals surface area contributed by atoms with Gasteiger partial charge < -0.3 is 16.6 Å². The number of aryl methyl sites for hydroxylation is 3. The molecule has 124 valence electrons. The van der Waals surface area contributed by atoms with E-state index in [1.807, 2.05) is 40.0 Å². The van der Waals surface area contributed by atoms with E-state index in [0.717, 1.165) is 22.4 Å². The maximum Gasteiger partial charge on any atom is 0.254 e. The molecule has 2 heterocycles. The molecule has 0 radical (unpaired) electrons. The van der Waals surface area contributed by atoms with Crippen LogP contribution in [-0.2, 0) is 0 Å². The fourth-order valence-electron chi connectivity index (χ4n) is 3.06. The lowest BCUT2D eigenvalue weighted by Crippen LogP contribution is -2.13. The first kappa shape index (κ1) is 15.9. The Morgan fingerprint density at radius 3 is 2.46 bits per heavy atom. The van der Waals surface area contributed by atoms with Gasteiger partial charge in [-0.1, -0.05) is 6.07 Å². The number of phenols is 1. The summed E-state index contributed by atoms with van der Waals surface area (Å²) in [6.45, 7) is 7.55. The van der Waals surface area contributed by atoms with Gasteiger partial charge in [-0.3, -0.25) is 9.20 Å². The van der Waals surface area contributed by atoms with Crippen LogP contribution < -0.4 is 11.5 Å². The second-order valence-corrected chi connectivity index (χ2v) is 6.11. The summed E-state index contributed by atoms with van der Waals surface area (Å²) in [5.74, 6) is -0.454. The van der Waals surface area contributed by atoms with Gasteiger partial charge in [-0.05, 0) is 44.9 Å². The molecule has 0 aliphatic carbocycles. The van der Waals surface area contributed by atoms with Crippen LogP contribution in [0.3, 0.4) is 0 Å². The Morgan fingerprint density at radius 2 is 1.83 bits per heavy atom. The first-order chi connectivity index (χ1) is 11.2. The summed E-state index contributed by atoms with van der Waals surface area (Å²) in [6.07, 6.45) is 1.89. The summed E-state index contributed by atoms with van der Waals surface area (Å²) in [6, 6.07) is 3.46. The van der Waals surface area contributed by atoms with E-state index in [0.29, 0.717) is 16.9 Å². The molecule has 0 atom stereocenters. The Balaban J connectivity index is 2.55. The van der Waals surface area contributed by atoms with E-state index < -0.39 is 5.91 Å². The van der Waals surface area contributed by atoms with Crippen molar-refractivity contribution in [1.82, 2.24) is 9.38 Å². The average molecular weight is 324 g/mol. The summed E-state index contributed by atoms with van der Waals surface area (Å²) < 4.78 is 1.78. The lowest BCUT2D eigenvalue weighted by molar-refractivity contribution is 0.100. The molecule has 3 aromatic rings. The van der Waals surface area contributed by atoms with E-state index in [1.165, 1.54) is 0 Å². The number of aromatic nitrogens is 2. The highest BCUT2D eigenvalue weighted by molar-refractivity contribution is 6.08. The van der Waals surface area contributed by atoms with Crippen molar-refractivity contribution in [2.45, 2.75) is 27.7 Å². The van der Waals surface area contributed by atoms with Crippen molar-refractivity contribution in [3.63, 3.8) is 0 Å². The maximum atomic E-state index is 12.0. The molecule has 0 saturated carbocycles. The molecule has 0 aliphatic rings. The van der Waals surface area contributed by atoms with Crippen LogP contribution in [0.15, 0.2) is 18.3 Å². The first-order valence-electron chi connectivity index (χ1n) is 7.61. The summed E-state index contributed by atoms with van der Waals surface area (Å²) in [4.78, 5) is 16.5. The second-order valence-electron chi connectivity index (χ2n) is 6.11. The van der Waals surface area contributed by atoms with Crippen molar-refractivity contribution in [2.75, 3.05) is 5.73 Å². The molecule has 6 nitrogen and oxygen atoms in total. The van der Waals surface area contributed by atoms with Gasteiger partial charge in [0.15, 0.2) is 5.65 Å². The molecule has 0 bridgehead atoms. The van der Waals surface area contributed by atoms with Gasteiger partial charge in [0, 0.05) is 23.0 Å². The number of primary amides is 1. The standard InChI is InChI=1S/C18H20N4O2/c1-8-5-6-12(23)10(3)13(8)16-15(19)14(17(20)24)18-21-11(4)9(2)7-22(16)18/h5-7,23H,19H2,1-4H3,(H2,20,24). The van der Waals surface area contributed by atoms with E-state index in [-0.39, 0.29) is 17.0 Å². The van der Waals surface area contributed by atoms with Gasteiger partial charge >= 0.3 is 0 Å². The van der Waals surface area contributed by atoms with Gasteiger partial charge in [0.1, 0.15) is 11.3 Å². The van der Waals surface area contributed by atoms with Crippen molar-refractivity contribution >= 4 is 17.2 Å². The molecule has 0 spiro atoms. The highest BCUT2D eigenvalue weighted by Gasteiger charge is 2.25. The molecule has 0 unspecified atom stereocenters. The van der Waals surface area contributed by atoms with Crippen molar-refractivity contribution in [3.8, 4) is 17.0 Å². The van der Waals surface area contributed by atoms with Crippen molar-refractivity contribution < 1.29 is 9.90 Å². The van der Waals surface area contributed by atoms with Gasteiger partial charge in [-0.15, -0.1) is 0 Å². The number of aromatic hydroxyl groups is 1. The molecule has 24 heavy (non-hydrogen) atoms. The number of hydrogen-bond acceptors (Lipinski definition) is 4. The number of rotatable bonds is 2. The Hall–Kier alpha value is -3.02. The number of carbonyl (C=O) groups is 1. The van der Waals surface area contributed by atoms with Crippen LogP contribution in [0.2, 0.25) is 0 Å². The van der Waals surface area contributed by atoms with Crippen LogP contribution in [0.5, 0.6) is 5.75 Å². The zero-order valence-corrected chi connectivity index (χ0v) is 14.1. The highest BCUT2D eigenvalue weighted by atomic mass is 16.3. The minimum Gasteiger partial charge on any atom is -0.508 e. The second kappa shape index (κ2) is 5.26. The molecule has 0 saturated heterocycles. The quantitative estimate of drug-likeness (QED) is 0.673. The molecule has 0 aliphatic heterocycles. The van der Waals surface area contributed by atoms with Crippen LogP contribution >= 0.6 is 0 Å². The van der Waals surface area contributed by atoms with E-state index in [2.05, 4.69) is 4.98 Å². The largest absolute Gasteiger partial charge is 0.508 e. The van der Waals surface area contributed by atoms with Crippen molar-refractivity contribution in [3.05, 3.63) is 46.3 Å². The number of benzene rings is 1. The predicted molar refractivity (Wildman–Crippen MR) is 94.2 cm³/mol. The highest BCUT2D eigenvalue weighted by Crippen LogP contribution is 2.39. The molecule has 3 rings (SSSR count). The minimum atomic E-state index is -0.623. The SMILES string of the molecule is Cc1cn2c(-c3c(C)ccc(O)c3C)c(N)c(C(N)=O)c2nc1C. The number of carbonyl (C=O) groups excluding carboxylic acids is 1. The molecule has 2 aromatic heterocycles. The Labute approximate surface area is 139 Å². The molecular formula is C18H20N4O2. The van der Waals surface area contributed by atoms with Crippen molar-refractivity contribution in [1.29, 1.82) is 0 Å². The number of nitrogens with two attached hydrogens (primary N) is 2. The van der Waals surface area contributed by atoms with Crippen LogP contribution in [0, 0.1) is 27.7 Å². The third-order valence-corrected chi connectivity index (χ3v) is 4.51. The lowest BCUT2D eigenvalue weighted by Gasteiger charge is -2.13. The fourth-order valence-corrected chi connectivity index (χ4v) is 3.06. The first-order valence-corrected chi connectivity index (χ1v) is 7.61. The van der Waals surface area contributed by atoms with E-state index >= 15 is 0 Å². The third kappa shape index (κ3) is 2.11. The zero-order chi connectivity index (χ0) is 17.8. The Kier molecular flexibility index (Phi) is 3.48. The average Bonchev–Trinajstić information content (AvgIpc) is 2.77. The summed E-state index contributed by atoms with van der Waals surface area (Å²) in [7, 11) is 0. The van der Waals surface area contributed by atoms with Gasteiger partial charge in [0.2, 0.25) is 0 Å². The minimum absolute atomic E-state index is 0.169. The monoisotopic (exact) mass is 324 g/mol. The van der Waals surface area contributed by atoms with E-state index in [4.69, 9.17) is 11.5 Å². The number of fused-ring (bicyclic) bond motifs is 1. The van der Waals surface area contributed by atoms with Crippen LogP contribution in [0.4, 0.5) is 5.69 Å². The molecule has 0 fully saturated rings. The predicted octanol–water partition coefficient (Wildman–Crippen LogP) is 2.62. The fraction of sp³-hybridized carbons (Fsp3) is 0.222. The Bertz CT molecular complexity index is 1000. The number of nitrogens with zero attached hydrogens (tertiary/aromatic N) is 2. The molecule has 5 N–H and O–H groups in total. The van der Waals surface area contributed by atoms with Gasteiger partial charge in [-0.25, -0.2) is 4.98 Å². The molecule has 1 amide bonds. The smallest absolute Gasteiger partial charge is 0.254 e. The van der Waals surface area contributed by atoms with Gasteiger partial charge in [0.25, 0.3) is 5.91 Å². The number of nitrogen functional groups attached to an aromatic ring is 1. The summed E-state index contributed by atoms with van der Waals surface area (Å²) >= 11 is 0. The zero-order valence-electron chi connectivity index (χ0n) is 14.1. The van der Waals surface area contributed by atoms with E-state index in [1.54, 1.807) is 10.5 Å². The molecule has 6 heteroatoms. The maximum absolute atomic E-state index is 12.0. The third-order valence-electron chi connectivity index (χ3n) is 4.51. The summed E-state index contributed by atoms with van der Waals surface area (Å²) in [5, 5.41) is 10.1. The lowest BCUT2D eigenvalue weighted by atomic mass is 9.98. The number of amides is 1. The Morgan fingerprint density at radius 1 is 1.17 bits per heavy atom. The van der Waals surface area contributed by atoms with Crippen LogP contribution in [-0.4, -0.2) is 20.4 Å². The number of hydrogen-bond donors (Lipinski definition) is 3. The summed E-state index contributed by atoms with van der Waals surface area (Å²) in [5.41, 5.74) is 17.5.